The summed E-state index contributed by atoms with van der Waals surface area (Å²) in [7, 11) is -3.78. The topological polar surface area (TPSA) is 105 Å². The van der Waals surface area contributed by atoms with Crippen molar-refractivity contribution in [1.82, 2.24) is 14.3 Å². The number of pyridine rings is 1. The predicted octanol–water partition coefficient (Wildman–Crippen LogP) is 3.36. The molecule has 1 fully saturated rings. The van der Waals surface area contributed by atoms with E-state index in [9.17, 15) is 13.5 Å². The van der Waals surface area contributed by atoms with Gasteiger partial charge in [-0.15, -0.1) is 11.3 Å². The second-order valence-electron chi connectivity index (χ2n) is 7.76. The van der Waals surface area contributed by atoms with Crippen molar-refractivity contribution in [1.29, 1.82) is 0 Å². The number of sulfonamides is 1. The number of hydrogen-bond acceptors (Lipinski definition) is 8. The maximum atomic E-state index is 13.4. The highest BCUT2D eigenvalue weighted by Gasteiger charge is 2.35. The van der Waals surface area contributed by atoms with Gasteiger partial charge in [0.05, 0.1) is 45.5 Å². The summed E-state index contributed by atoms with van der Waals surface area (Å²) >= 11 is 1.58. The number of aliphatic hydroxyl groups is 1. The third-order valence-electron chi connectivity index (χ3n) is 5.58. The molecule has 0 amide bonds. The van der Waals surface area contributed by atoms with Crippen LogP contribution in [0.25, 0.3) is 21.1 Å². The molecular formula is C22H22N4O4S2. The largest absolute Gasteiger partial charge is 0.394 e. The Morgan fingerprint density at radius 2 is 2.06 bits per heavy atom. The molecule has 2 unspecified atom stereocenters. The van der Waals surface area contributed by atoms with Gasteiger partial charge in [-0.25, -0.2) is 13.4 Å². The molecule has 0 saturated carbocycles. The molecule has 1 aliphatic rings. The number of hydrogen-bond donors (Lipinski definition) is 2. The van der Waals surface area contributed by atoms with Crippen LogP contribution in [0.5, 0.6) is 0 Å². The summed E-state index contributed by atoms with van der Waals surface area (Å²) < 4.78 is 34.9. The first-order chi connectivity index (χ1) is 15.5. The number of nitrogens with one attached hydrogen (secondary N) is 1. The van der Waals surface area contributed by atoms with E-state index in [1.165, 1.54) is 4.31 Å². The van der Waals surface area contributed by atoms with E-state index in [0.29, 0.717) is 10.9 Å². The van der Waals surface area contributed by atoms with Gasteiger partial charge in [-0.05, 0) is 49.4 Å². The Bertz CT molecular complexity index is 1390. The van der Waals surface area contributed by atoms with Crippen molar-refractivity contribution in [3.05, 3.63) is 54.2 Å². The molecule has 32 heavy (non-hydrogen) atoms. The first-order valence-electron chi connectivity index (χ1n) is 10.2. The summed E-state index contributed by atoms with van der Waals surface area (Å²) in [6.07, 6.45) is 1.16. The number of anilines is 2. The monoisotopic (exact) mass is 470 g/mol. The fourth-order valence-electron chi connectivity index (χ4n) is 3.86. The average Bonchev–Trinajstić information content (AvgIpc) is 3.27. The molecule has 10 heteroatoms. The van der Waals surface area contributed by atoms with E-state index in [1.807, 2.05) is 24.3 Å². The van der Waals surface area contributed by atoms with Gasteiger partial charge in [-0.2, -0.15) is 4.31 Å². The third-order valence-corrected chi connectivity index (χ3v) is 8.37. The molecule has 0 bridgehead atoms. The van der Waals surface area contributed by atoms with E-state index in [0.717, 1.165) is 21.6 Å². The second kappa shape index (κ2) is 8.38. The minimum atomic E-state index is -3.78. The van der Waals surface area contributed by atoms with Gasteiger partial charge in [0, 0.05) is 35.5 Å². The first-order valence-corrected chi connectivity index (χ1v) is 12.5. The molecule has 2 aromatic carbocycles. The summed E-state index contributed by atoms with van der Waals surface area (Å²) in [5.74, 6) is 0. The molecule has 0 spiro atoms. The number of rotatable bonds is 5. The molecule has 8 nitrogen and oxygen atoms in total. The highest BCUT2D eigenvalue weighted by molar-refractivity contribution is 7.89. The molecule has 1 saturated heterocycles. The Labute approximate surface area is 189 Å². The number of ether oxygens (including phenoxy) is 1. The minimum absolute atomic E-state index is 0.115. The van der Waals surface area contributed by atoms with Crippen molar-refractivity contribution >= 4 is 53.9 Å². The van der Waals surface area contributed by atoms with Crippen molar-refractivity contribution in [3.8, 4) is 0 Å². The van der Waals surface area contributed by atoms with Crippen molar-refractivity contribution < 1.29 is 18.3 Å². The van der Waals surface area contributed by atoms with E-state index in [2.05, 4.69) is 15.3 Å². The van der Waals surface area contributed by atoms with Gasteiger partial charge in [-0.3, -0.25) is 4.98 Å². The molecule has 0 radical (unpaired) electrons. The van der Waals surface area contributed by atoms with Gasteiger partial charge >= 0.3 is 0 Å². The molecule has 2 atom stereocenters. The zero-order valence-corrected chi connectivity index (χ0v) is 18.9. The normalized spacial score (nSPS) is 20.1. The standard InChI is InChI=1S/C22H22N4O4S2/c1-14-12-30-16(11-27)10-26(14)32(28,29)17-3-4-19-18(9-17)20(6-7-23-19)25-15-2-5-22-21(8-15)24-13-31-22/h2-9,13-14,16,27H,10-12H2,1H3,(H,23,25). The molecule has 2 aromatic heterocycles. The Kier molecular flexibility index (Phi) is 5.56. The minimum Gasteiger partial charge on any atom is -0.394 e. The summed E-state index contributed by atoms with van der Waals surface area (Å²) in [6, 6.07) is 12.4. The molecule has 166 valence electrons. The number of benzene rings is 2. The van der Waals surface area contributed by atoms with E-state index in [4.69, 9.17) is 4.74 Å². The number of morpholine rings is 1. The van der Waals surface area contributed by atoms with Crippen LogP contribution in [0.4, 0.5) is 11.4 Å². The van der Waals surface area contributed by atoms with Crippen LogP contribution < -0.4 is 5.32 Å². The molecule has 4 aromatic rings. The van der Waals surface area contributed by atoms with Crippen molar-refractivity contribution in [2.45, 2.75) is 24.0 Å². The molecule has 5 rings (SSSR count). The Balaban J connectivity index is 1.53. The van der Waals surface area contributed by atoms with Crippen LogP contribution in [-0.4, -0.2) is 59.7 Å². The van der Waals surface area contributed by atoms with Gasteiger partial charge in [-0.1, -0.05) is 0 Å². The molecule has 3 heterocycles. The lowest BCUT2D eigenvalue weighted by molar-refractivity contribution is -0.0516. The van der Waals surface area contributed by atoms with Crippen LogP contribution >= 0.6 is 11.3 Å². The fourth-order valence-corrected chi connectivity index (χ4v) is 6.19. The number of thiazole rings is 1. The van der Waals surface area contributed by atoms with Gasteiger partial charge < -0.3 is 15.2 Å². The predicted molar refractivity (Wildman–Crippen MR) is 125 cm³/mol. The van der Waals surface area contributed by atoms with E-state index in [1.54, 1.807) is 48.2 Å². The van der Waals surface area contributed by atoms with E-state index in [-0.39, 0.29) is 30.7 Å². The second-order valence-corrected chi connectivity index (χ2v) is 10.5. The van der Waals surface area contributed by atoms with Crippen molar-refractivity contribution in [2.75, 3.05) is 25.1 Å². The molecule has 1 aliphatic heterocycles. The summed E-state index contributed by atoms with van der Waals surface area (Å²) in [5, 5.41) is 13.5. The summed E-state index contributed by atoms with van der Waals surface area (Å²) in [6.45, 7) is 1.93. The number of fused-ring (bicyclic) bond motifs is 2. The van der Waals surface area contributed by atoms with E-state index >= 15 is 0 Å². The Hall–Kier alpha value is -2.63. The SMILES string of the molecule is CC1COC(CO)CN1S(=O)(=O)c1ccc2nccc(Nc3ccc4scnc4c3)c2c1. The fraction of sp³-hybridized carbons (Fsp3) is 0.273. The maximum absolute atomic E-state index is 13.4. The maximum Gasteiger partial charge on any atom is 0.243 e. The number of aromatic nitrogens is 2. The van der Waals surface area contributed by atoms with Crippen LogP contribution in [-0.2, 0) is 14.8 Å². The third kappa shape index (κ3) is 3.84. The summed E-state index contributed by atoms with van der Waals surface area (Å²) in [4.78, 5) is 8.93. The first kappa shape index (κ1) is 21.2. The van der Waals surface area contributed by atoms with Crippen LogP contribution in [0.15, 0.2) is 59.1 Å². The highest BCUT2D eigenvalue weighted by atomic mass is 32.2. The van der Waals surface area contributed by atoms with Gasteiger partial charge in [0.2, 0.25) is 10.0 Å². The molecule has 2 N–H and O–H groups in total. The Morgan fingerprint density at radius 3 is 2.91 bits per heavy atom. The quantitative estimate of drug-likeness (QED) is 0.461. The smallest absolute Gasteiger partial charge is 0.243 e. The number of aliphatic hydroxyl groups excluding tert-OH is 1. The molecule has 0 aliphatic carbocycles. The van der Waals surface area contributed by atoms with Gasteiger partial charge in [0.25, 0.3) is 0 Å². The van der Waals surface area contributed by atoms with Gasteiger partial charge in [0.15, 0.2) is 0 Å². The lowest BCUT2D eigenvalue weighted by Gasteiger charge is -2.36. The van der Waals surface area contributed by atoms with E-state index < -0.39 is 16.1 Å². The van der Waals surface area contributed by atoms with Crippen LogP contribution in [0.2, 0.25) is 0 Å². The lowest BCUT2D eigenvalue weighted by Crippen LogP contribution is -2.51. The highest BCUT2D eigenvalue weighted by Crippen LogP contribution is 2.31. The number of nitrogens with zero attached hydrogens (tertiary/aromatic N) is 3. The summed E-state index contributed by atoms with van der Waals surface area (Å²) in [5.41, 5.74) is 5.01. The van der Waals surface area contributed by atoms with Crippen molar-refractivity contribution in [2.24, 2.45) is 0 Å². The zero-order valence-electron chi connectivity index (χ0n) is 17.3. The molecular weight excluding hydrogens is 448 g/mol. The van der Waals surface area contributed by atoms with Crippen LogP contribution in [0.3, 0.4) is 0 Å². The average molecular weight is 471 g/mol. The zero-order chi connectivity index (χ0) is 22.3. The van der Waals surface area contributed by atoms with Crippen molar-refractivity contribution in [3.63, 3.8) is 0 Å². The lowest BCUT2D eigenvalue weighted by atomic mass is 10.2. The Morgan fingerprint density at radius 1 is 1.19 bits per heavy atom. The van der Waals surface area contributed by atoms with Crippen LogP contribution in [0.1, 0.15) is 6.92 Å². The van der Waals surface area contributed by atoms with Crippen LogP contribution in [0, 0.1) is 0 Å². The van der Waals surface area contributed by atoms with Gasteiger partial charge in [0.1, 0.15) is 0 Å².